The maximum absolute atomic E-state index is 11.0. The van der Waals surface area contributed by atoms with E-state index in [0.29, 0.717) is 10.3 Å². The van der Waals surface area contributed by atoms with Gasteiger partial charge in [0.15, 0.2) is 6.04 Å². The Bertz CT molecular complexity index is 348. The minimum Gasteiger partial charge on any atom is -0.480 e. The Labute approximate surface area is 90.5 Å². The van der Waals surface area contributed by atoms with Gasteiger partial charge in [-0.25, -0.2) is 4.98 Å². The number of rotatable bonds is 3. The van der Waals surface area contributed by atoms with E-state index < -0.39 is 12.0 Å². The van der Waals surface area contributed by atoms with E-state index in [9.17, 15) is 4.79 Å². The van der Waals surface area contributed by atoms with Gasteiger partial charge in [-0.1, -0.05) is 0 Å². The molecule has 0 bridgehead atoms. The van der Waals surface area contributed by atoms with Crippen molar-refractivity contribution in [1.29, 1.82) is 0 Å². The lowest BCUT2D eigenvalue weighted by Crippen LogP contribution is -2.28. The van der Waals surface area contributed by atoms with Crippen molar-refractivity contribution in [2.75, 3.05) is 14.1 Å². The van der Waals surface area contributed by atoms with Crippen LogP contribution >= 0.6 is 15.9 Å². The van der Waals surface area contributed by atoms with Gasteiger partial charge >= 0.3 is 5.97 Å². The third-order valence-corrected chi connectivity index (χ3v) is 2.87. The fourth-order valence-corrected chi connectivity index (χ4v) is 1.61. The van der Waals surface area contributed by atoms with Crippen molar-refractivity contribution in [3.8, 4) is 0 Å². The zero-order valence-electron chi connectivity index (χ0n) is 8.23. The minimum atomic E-state index is -0.908. The summed E-state index contributed by atoms with van der Waals surface area (Å²) in [5, 5.41) is 9.02. The van der Waals surface area contributed by atoms with Crippen LogP contribution in [-0.4, -0.2) is 39.6 Å². The average Bonchev–Trinajstić information content (AvgIpc) is 2.35. The van der Waals surface area contributed by atoms with E-state index in [0.717, 1.165) is 0 Å². The van der Waals surface area contributed by atoms with Gasteiger partial charge in [-0.3, -0.25) is 9.69 Å². The molecule has 14 heavy (non-hydrogen) atoms. The smallest absolute Gasteiger partial charge is 0.327 e. The number of nitrogens with zero attached hydrogens (tertiary/aromatic N) is 3. The maximum atomic E-state index is 11.0. The Morgan fingerprint density at radius 3 is 2.57 bits per heavy atom. The van der Waals surface area contributed by atoms with Crippen LogP contribution in [0.5, 0.6) is 0 Å². The summed E-state index contributed by atoms with van der Waals surface area (Å²) in [5.41, 5.74) is 0.519. The first-order valence-electron chi connectivity index (χ1n) is 4.01. The molecule has 0 amide bonds. The zero-order chi connectivity index (χ0) is 10.9. The van der Waals surface area contributed by atoms with E-state index in [1.54, 1.807) is 36.9 Å². The second-order valence-corrected chi connectivity index (χ2v) is 3.99. The molecule has 0 aliphatic heterocycles. The molecule has 0 fully saturated rings. The average molecular weight is 262 g/mol. The molecular weight excluding hydrogens is 250 g/mol. The van der Waals surface area contributed by atoms with Crippen molar-refractivity contribution < 1.29 is 9.90 Å². The Morgan fingerprint density at radius 2 is 2.29 bits per heavy atom. The number of halogens is 1. The molecule has 0 aliphatic rings. The molecule has 1 aromatic rings. The monoisotopic (exact) mass is 261 g/mol. The second-order valence-electron chi connectivity index (χ2n) is 3.24. The van der Waals surface area contributed by atoms with Crippen LogP contribution in [0.25, 0.3) is 0 Å². The van der Waals surface area contributed by atoms with Crippen LogP contribution < -0.4 is 0 Å². The highest BCUT2D eigenvalue weighted by molar-refractivity contribution is 9.10. The number of hydrogen-bond donors (Lipinski definition) is 1. The number of aryl methyl sites for hydroxylation is 1. The quantitative estimate of drug-likeness (QED) is 0.878. The minimum absolute atomic E-state index is 0.519. The number of hydrogen-bond acceptors (Lipinski definition) is 3. The Hall–Kier alpha value is -0.880. The molecule has 1 atom stereocenters. The molecule has 1 heterocycles. The molecule has 0 aliphatic carbocycles. The van der Waals surface area contributed by atoms with Gasteiger partial charge in [0.25, 0.3) is 0 Å². The van der Waals surface area contributed by atoms with Crippen LogP contribution in [0.4, 0.5) is 0 Å². The summed E-state index contributed by atoms with van der Waals surface area (Å²) >= 11 is 3.30. The van der Waals surface area contributed by atoms with Crippen molar-refractivity contribution in [3.05, 3.63) is 16.6 Å². The highest BCUT2D eigenvalue weighted by Crippen LogP contribution is 2.24. The standard InChI is InChI=1S/C8H12BrN3O2/c1-11(2)6(8(13)14)5-7(9)12(3)4-10-5/h4,6H,1-3H3,(H,13,14). The summed E-state index contributed by atoms with van der Waals surface area (Å²) in [4.78, 5) is 16.6. The number of likely N-dealkylation sites (N-methyl/N-ethyl adjacent to an activating group) is 1. The van der Waals surface area contributed by atoms with E-state index in [-0.39, 0.29) is 0 Å². The first kappa shape index (κ1) is 11.2. The van der Waals surface area contributed by atoms with Crippen molar-refractivity contribution in [3.63, 3.8) is 0 Å². The number of carboxylic acid groups (broad SMARTS) is 1. The molecule has 0 saturated carbocycles. The Balaban J connectivity index is 3.12. The SMILES string of the molecule is CN(C)C(C(=O)O)c1ncn(C)c1Br. The van der Waals surface area contributed by atoms with Gasteiger partial charge < -0.3 is 9.67 Å². The summed E-state index contributed by atoms with van der Waals surface area (Å²) in [5.74, 6) is -0.908. The van der Waals surface area contributed by atoms with E-state index in [4.69, 9.17) is 5.11 Å². The summed E-state index contributed by atoms with van der Waals surface area (Å²) in [7, 11) is 5.22. The second kappa shape index (κ2) is 4.10. The molecule has 78 valence electrons. The largest absolute Gasteiger partial charge is 0.480 e. The number of carbonyl (C=O) groups is 1. The summed E-state index contributed by atoms with van der Waals surface area (Å²) in [6, 6.07) is -0.717. The fourth-order valence-electron chi connectivity index (χ4n) is 1.20. The molecule has 0 radical (unpaired) electrons. The van der Waals surface area contributed by atoms with Crippen LogP contribution in [0, 0.1) is 0 Å². The molecule has 1 rings (SSSR count). The van der Waals surface area contributed by atoms with Gasteiger partial charge in [0, 0.05) is 7.05 Å². The van der Waals surface area contributed by atoms with Crippen LogP contribution in [0.1, 0.15) is 11.7 Å². The van der Waals surface area contributed by atoms with E-state index >= 15 is 0 Å². The van der Waals surface area contributed by atoms with Crippen molar-refractivity contribution in [1.82, 2.24) is 14.5 Å². The van der Waals surface area contributed by atoms with Gasteiger partial charge in [0.05, 0.1) is 6.33 Å². The summed E-state index contributed by atoms with van der Waals surface area (Å²) in [6.45, 7) is 0. The molecule has 0 spiro atoms. The van der Waals surface area contributed by atoms with Crippen molar-refractivity contribution >= 4 is 21.9 Å². The van der Waals surface area contributed by atoms with Crippen LogP contribution in [-0.2, 0) is 11.8 Å². The Morgan fingerprint density at radius 1 is 1.71 bits per heavy atom. The van der Waals surface area contributed by atoms with Crippen molar-refractivity contribution in [2.24, 2.45) is 7.05 Å². The predicted octanol–water partition coefficient (Wildman–Crippen LogP) is 0.870. The van der Waals surface area contributed by atoms with Gasteiger partial charge in [0.2, 0.25) is 0 Å². The summed E-state index contributed by atoms with van der Waals surface area (Å²) < 4.78 is 2.42. The number of carboxylic acids is 1. The molecule has 1 aromatic heterocycles. The Kier molecular flexibility index (Phi) is 3.28. The predicted molar refractivity (Wildman–Crippen MR) is 55.0 cm³/mol. The molecule has 0 saturated heterocycles. The first-order chi connectivity index (χ1) is 6.45. The van der Waals surface area contributed by atoms with Crippen LogP contribution in [0.3, 0.4) is 0 Å². The van der Waals surface area contributed by atoms with Gasteiger partial charge in [-0.2, -0.15) is 0 Å². The molecule has 0 aromatic carbocycles. The molecule has 6 heteroatoms. The fraction of sp³-hybridized carbons (Fsp3) is 0.500. The lowest BCUT2D eigenvalue weighted by atomic mass is 10.2. The molecule has 5 nitrogen and oxygen atoms in total. The third-order valence-electron chi connectivity index (χ3n) is 1.90. The lowest BCUT2D eigenvalue weighted by Gasteiger charge is -2.18. The number of aliphatic carboxylic acids is 1. The normalized spacial score (nSPS) is 13.2. The molecular formula is C8H12BrN3O2. The maximum Gasteiger partial charge on any atom is 0.327 e. The van der Waals surface area contributed by atoms with Gasteiger partial charge in [-0.15, -0.1) is 0 Å². The molecule has 1 N–H and O–H groups in total. The highest BCUT2D eigenvalue weighted by atomic mass is 79.9. The third kappa shape index (κ3) is 1.96. The lowest BCUT2D eigenvalue weighted by molar-refractivity contribution is -0.142. The number of imidazole rings is 1. The topological polar surface area (TPSA) is 58.4 Å². The van der Waals surface area contributed by atoms with E-state index in [2.05, 4.69) is 20.9 Å². The van der Waals surface area contributed by atoms with E-state index in [1.807, 2.05) is 0 Å². The first-order valence-corrected chi connectivity index (χ1v) is 4.80. The van der Waals surface area contributed by atoms with Gasteiger partial charge in [-0.05, 0) is 30.0 Å². The van der Waals surface area contributed by atoms with Crippen LogP contribution in [0.2, 0.25) is 0 Å². The zero-order valence-corrected chi connectivity index (χ0v) is 9.82. The highest BCUT2D eigenvalue weighted by Gasteiger charge is 2.27. The number of aromatic nitrogens is 2. The van der Waals surface area contributed by atoms with E-state index in [1.165, 1.54) is 0 Å². The van der Waals surface area contributed by atoms with Crippen LogP contribution in [0.15, 0.2) is 10.9 Å². The van der Waals surface area contributed by atoms with Gasteiger partial charge in [0.1, 0.15) is 10.3 Å². The van der Waals surface area contributed by atoms with Crippen molar-refractivity contribution in [2.45, 2.75) is 6.04 Å². The summed E-state index contributed by atoms with van der Waals surface area (Å²) in [6.07, 6.45) is 1.58. The molecule has 1 unspecified atom stereocenters.